The van der Waals surface area contributed by atoms with Crippen molar-refractivity contribution in [1.29, 1.82) is 0 Å². The second kappa shape index (κ2) is 8.55. The highest BCUT2D eigenvalue weighted by Gasteiger charge is 2.36. The fourth-order valence-electron chi connectivity index (χ4n) is 1.54. The Balaban J connectivity index is 1.87. The number of benzene rings is 1. The van der Waals surface area contributed by atoms with Crippen molar-refractivity contribution in [1.82, 2.24) is 5.32 Å². The molecule has 0 saturated carbocycles. The smallest absolute Gasteiger partial charge is 0.408 e. The summed E-state index contributed by atoms with van der Waals surface area (Å²) in [6, 6.07) is 9.34. The number of alkyl halides is 3. The van der Waals surface area contributed by atoms with Gasteiger partial charge in [0.25, 0.3) is 0 Å². The maximum atomic E-state index is 11.9. The van der Waals surface area contributed by atoms with Crippen molar-refractivity contribution in [3.8, 4) is 0 Å². The number of ether oxygens (including phenoxy) is 1. The van der Waals surface area contributed by atoms with Crippen molar-refractivity contribution in [2.75, 3.05) is 12.3 Å². The first-order valence-electron chi connectivity index (χ1n) is 6.33. The van der Waals surface area contributed by atoms with Crippen molar-refractivity contribution in [2.24, 2.45) is 4.99 Å². The summed E-state index contributed by atoms with van der Waals surface area (Å²) in [6.45, 7) is 0.887. The van der Waals surface area contributed by atoms with E-state index in [9.17, 15) is 4.79 Å². The molecular weight excluding hydrogens is 387 g/mol. The average molecular weight is 400 g/mol. The average Bonchev–Trinajstić information content (AvgIpc) is 2.98. The summed E-state index contributed by atoms with van der Waals surface area (Å²) in [5.41, 5.74) is 0.881. The molecule has 2 rings (SSSR count). The van der Waals surface area contributed by atoms with Crippen LogP contribution in [-0.2, 0) is 11.3 Å². The molecule has 1 heterocycles. The van der Waals surface area contributed by atoms with Gasteiger partial charge in [-0.15, -0.1) is 0 Å². The summed E-state index contributed by atoms with van der Waals surface area (Å²) in [4.78, 5) is 16.1. The van der Waals surface area contributed by atoms with Crippen LogP contribution in [0.25, 0.3) is 0 Å². The zero-order chi connectivity index (χ0) is 16.0. The lowest BCUT2D eigenvalue weighted by atomic mass is 10.2. The number of thioether (sulfide) groups is 2. The van der Waals surface area contributed by atoms with Crippen LogP contribution in [-0.4, -0.2) is 31.9 Å². The normalized spacial score (nSPS) is 16.0. The molecule has 4 nitrogen and oxygen atoms in total. The van der Waals surface area contributed by atoms with Crippen molar-refractivity contribution < 1.29 is 9.53 Å². The van der Waals surface area contributed by atoms with Crippen LogP contribution < -0.4 is 5.32 Å². The third-order valence-electron chi connectivity index (χ3n) is 2.54. The first-order valence-corrected chi connectivity index (χ1v) is 9.33. The largest absolute Gasteiger partial charge is 0.445 e. The van der Waals surface area contributed by atoms with E-state index in [1.807, 2.05) is 30.3 Å². The summed E-state index contributed by atoms with van der Waals surface area (Å²) >= 11 is 20.5. The molecule has 0 aromatic heterocycles. The summed E-state index contributed by atoms with van der Waals surface area (Å²) in [5, 5.41) is 1.79. The van der Waals surface area contributed by atoms with Crippen LogP contribution >= 0.6 is 58.3 Å². The van der Waals surface area contributed by atoms with E-state index in [1.165, 1.54) is 11.8 Å². The second-order valence-electron chi connectivity index (χ2n) is 4.24. The van der Waals surface area contributed by atoms with Gasteiger partial charge < -0.3 is 10.1 Å². The minimum absolute atomic E-state index is 0.152. The zero-order valence-corrected chi connectivity index (χ0v) is 15.2. The van der Waals surface area contributed by atoms with Gasteiger partial charge >= 0.3 is 6.09 Å². The lowest BCUT2D eigenvalue weighted by Gasteiger charge is -2.24. The zero-order valence-electron chi connectivity index (χ0n) is 11.3. The first-order chi connectivity index (χ1) is 10.4. The maximum absolute atomic E-state index is 11.9. The number of rotatable bonds is 4. The van der Waals surface area contributed by atoms with E-state index in [0.717, 1.165) is 22.2 Å². The van der Waals surface area contributed by atoms with E-state index in [0.29, 0.717) is 0 Å². The highest BCUT2D eigenvalue weighted by atomic mass is 35.6. The number of hydrogen-bond acceptors (Lipinski definition) is 5. The molecule has 1 aromatic rings. The molecule has 0 fully saturated rings. The van der Waals surface area contributed by atoms with E-state index < -0.39 is 15.3 Å². The molecule has 0 radical (unpaired) electrons. The van der Waals surface area contributed by atoms with Crippen LogP contribution in [0, 0.1) is 0 Å². The molecular formula is C13H13Cl3N2O2S2. The Labute approximate surface area is 152 Å². The van der Waals surface area contributed by atoms with Crippen molar-refractivity contribution in [3.05, 3.63) is 35.9 Å². The monoisotopic (exact) mass is 398 g/mol. The Morgan fingerprint density at radius 3 is 2.73 bits per heavy atom. The number of carbonyl (C=O) groups excluding carboxylic acids is 1. The molecule has 1 N–H and O–H groups in total. The second-order valence-corrected chi connectivity index (χ2v) is 9.05. The van der Waals surface area contributed by atoms with Crippen LogP contribution in [0.5, 0.6) is 0 Å². The quantitative estimate of drug-likeness (QED) is 0.600. The number of carbonyl (C=O) groups is 1. The predicted molar refractivity (Wildman–Crippen MR) is 96.2 cm³/mol. The van der Waals surface area contributed by atoms with Gasteiger partial charge in [-0.3, -0.25) is 4.99 Å². The molecule has 0 bridgehead atoms. The van der Waals surface area contributed by atoms with E-state index >= 15 is 0 Å². The molecule has 0 aliphatic carbocycles. The number of nitrogens with zero attached hydrogens (tertiary/aromatic N) is 1. The lowest BCUT2D eigenvalue weighted by molar-refractivity contribution is 0.139. The number of halogens is 3. The molecule has 9 heteroatoms. The Bertz CT molecular complexity index is 538. The third-order valence-corrected chi connectivity index (χ3v) is 6.02. The number of aliphatic imine (C=N–C) groups is 1. The van der Waals surface area contributed by atoms with Crippen molar-refractivity contribution in [2.45, 2.75) is 15.8 Å². The van der Waals surface area contributed by atoms with Crippen LogP contribution in [0.2, 0.25) is 0 Å². The van der Waals surface area contributed by atoms with E-state index in [2.05, 4.69) is 10.3 Å². The molecule has 22 heavy (non-hydrogen) atoms. The molecule has 120 valence electrons. The van der Waals surface area contributed by atoms with Gasteiger partial charge in [0.2, 0.25) is 3.79 Å². The van der Waals surface area contributed by atoms with Gasteiger partial charge in [-0.1, -0.05) is 88.7 Å². The Hall–Kier alpha value is -0.270. The van der Waals surface area contributed by atoms with Gasteiger partial charge in [-0.2, -0.15) is 0 Å². The molecule has 1 unspecified atom stereocenters. The minimum atomic E-state index is -1.66. The maximum Gasteiger partial charge on any atom is 0.408 e. The standard InChI is InChI=1S/C13H13Cl3N2O2S2/c14-13(15,16)10(22-12-17-6-7-21-12)18-11(19)20-8-9-4-2-1-3-5-9/h1-5,10H,6-8H2,(H,18,19). The minimum Gasteiger partial charge on any atom is -0.445 e. The Morgan fingerprint density at radius 1 is 1.41 bits per heavy atom. The SMILES string of the molecule is O=C(NC(SC1=NCCS1)C(Cl)(Cl)Cl)OCc1ccccc1. The lowest BCUT2D eigenvalue weighted by Crippen LogP contribution is -2.42. The molecule has 0 spiro atoms. The van der Waals surface area contributed by atoms with Crippen LogP contribution in [0.3, 0.4) is 0 Å². The van der Waals surface area contributed by atoms with Gasteiger partial charge in [-0.05, 0) is 5.56 Å². The van der Waals surface area contributed by atoms with E-state index in [4.69, 9.17) is 39.5 Å². The summed E-state index contributed by atoms with van der Waals surface area (Å²) < 4.78 is 4.26. The van der Waals surface area contributed by atoms with Gasteiger partial charge in [0.15, 0.2) is 0 Å². The first kappa shape index (κ1) is 18.1. The molecule has 1 aromatic carbocycles. The van der Waals surface area contributed by atoms with E-state index in [-0.39, 0.29) is 6.61 Å². The van der Waals surface area contributed by atoms with Gasteiger partial charge in [0.1, 0.15) is 16.4 Å². The fourth-order valence-corrected chi connectivity index (χ4v) is 4.11. The summed E-state index contributed by atoms with van der Waals surface area (Å²) in [7, 11) is 0. The van der Waals surface area contributed by atoms with Gasteiger partial charge in [0.05, 0.1) is 6.54 Å². The Kier molecular flexibility index (Phi) is 7.02. The van der Waals surface area contributed by atoms with Crippen LogP contribution in [0.1, 0.15) is 5.56 Å². The predicted octanol–water partition coefficient (Wildman–Crippen LogP) is 4.45. The summed E-state index contributed by atoms with van der Waals surface area (Å²) in [5.74, 6) is 0.896. The van der Waals surface area contributed by atoms with Crippen LogP contribution in [0.15, 0.2) is 35.3 Å². The number of amides is 1. The molecule has 0 saturated heterocycles. The Morgan fingerprint density at radius 2 is 2.14 bits per heavy atom. The van der Waals surface area contributed by atoms with Crippen LogP contribution in [0.4, 0.5) is 4.79 Å². The topological polar surface area (TPSA) is 50.7 Å². The van der Waals surface area contributed by atoms with Crippen molar-refractivity contribution >= 4 is 68.8 Å². The van der Waals surface area contributed by atoms with Gasteiger partial charge in [-0.25, -0.2) is 4.79 Å². The number of hydrogen-bond donors (Lipinski definition) is 1. The molecule has 1 atom stereocenters. The molecule has 1 amide bonds. The van der Waals surface area contributed by atoms with E-state index in [1.54, 1.807) is 11.8 Å². The number of nitrogens with one attached hydrogen (secondary N) is 1. The molecule has 1 aliphatic rings. The highest BCUT2D eigenvalue weighted by Crippen LogP contribution is 2.39. The van der Waals surface area contributed by atoms with Crippen molar-refractivity contribution in [3.63, 3.8) is 0 Å². The number of alkyl carbamates (subject to hydrolysis) is 1. The third kappa shape index (κ3) is 6.08. The molecule has 1 aliphatic heterocycles. The van der Waals surface area contributed by atoms with Gasteiger partial charge in [0, 0.05) is 5.75 Å². The highest BCUT2D eigenvalue weighted by molar-refractivity contribution is 8.39. The summed E-state index contributed by atoms with van der Waals surface area (Å²) in [6.07, 6.45) is -0.642. The fraction of sp³-hybridized carbons (Fsp3) is 0.385.